The maximum atomic E-state index is 12.0. The first-order valence-electron chi connectivity index (χ1n) is 7.59. The van der Waals surface area contributed by atoms with Crippen LogP contribution in [0.5, 0.6) is 0 Å². The Balaban J connectivity index is 2.36. The molecule has 0 radical (unpaired) electrons. The minimum atomic E-state index is -1.03. The third kappa shape index (κ3) is 9.13. The zero-order valence-corrected chi connectivity index (χ0v) is 14.8. The normalized spacial score (nSPS) is 11.1. The second-order valence-corrected chi connectivity index (χ2v) is 7.29. The number of amides is 1. The molecular weight excluding hydrogens is 314 g/mol. The quantitative estimate of drug-likeness (QED) is 0.733. The number of benzene rings is 1. The topological polar surface area (TPSA) is 66.8 Å². The highest BCUT2D eigenvalue weighted by atomic mass is 32.2. The number of hydrogen-bond donors (Lipinski definition) is 1. The summed E-state index contributed by atoms with van der Waals surface area (Å²) in [5, 5.41) is 8.93. The lowest BCUT2D eigenvalue weighted by Crippen LogP contribution is -2.40. The van der Waals surface area contributed by atoms with Crippen LogP contribution in [0.3, 0.4) is 0 Å². The summed E-state index contributed by atoms with van der Waals surface area (Å²) in [6.07, 6.45) is 0.150. The number of nitrogens with zero attached hydrogens (tertiary/aromatic N) is 1. The molecule has 6 heteroatoms. The molecule has 1 rings (SSSR count). The van der Waals surface area contributed by atoms with Crippen LogP contribution in [0.15, 0.2) is 30.3 Å². The Bertz CT molecular complexity index is 499. The highest BCUT2D eigenvalue weighted by Gasteiger charge is 2.23. The molecule has 0 unspecified atom stereocenters. The molecule has 0 heterocycles. The lowest BCUT2D eigenvalue weighted by molar-refractivity contribution is -0.138. The van der Waals surface area contributed by atoms with Crippen molar-refractivity contribution >= 4 is 23.8 Å². The predicted octanol–water partition coefficient (Wildman–Crippen LogP) is 3.63. The van der Waals surface area contributed by atoms with Crippen molar-refractivity contribution in [2.24, 2.45) is 0 Å². The zero-order chi connectivity index (χ0) is 17.3. The lowest BCUT2D eigenvalue weighted by atomic mass is 10.2. The summed E-state index contributed by atoms with van der Waals surface area (Å²) in [5.74, 6) is 0.729. The van der Waals surface area contributed by atoms with Crippen LogP contribution in [-0.4, -0.2) is 46.5 Å². The average Bonchev–Trinajstić information content (AvgIpc) is 2.44. The van der Waals surface area contributed by atoms with Crippen molar-refractivity contribution in [2.75, 3.05) is 18.8 Å². The van der Waals surface area contributed by atoms with Crippen LogP contribution in [-0.2, 0) is 15.3 Å². The Morgan fingerprint density at radius 3 is 2.43 bits per heavy atom. The summed E-state index contributed by atoms with van der Waals surface area (Å²) in [4.78, 5) is 24.2. The van der Waals surface area contributed by atoms with Gasteiger partial charge in [0, 0.05) is 12.3 Å². The molecule has 0 aromatic heterocycles. The van der Waals surface area contributed by atoms with Crippen LogP contribution in [0, 0.1) is 0 Å². The maximum Gasteiger partial charge on any atom is 0.410 e. The Kier molecular flexibility index (Phi) is 7.95. The molecule has 0 bridgehead atoms. The summed E-state index contributed by atoms with van der Waals surface area (Å²) >= 11 is 1.77. The molecule has 1 aromatic carbocycles. The summed E-state index contributed by atoms with van der Waals surface area (Å²) in [5.41, 5.74) is 0.627. The molecule has 1 amide bonds. The van der Waals surface area contributed by atoms with Crippen molar-refractivity contribution in [3.8, 4) is 0 Å². The maximum absolute atomic E-state index is 12.0. The van der Waals surface area contributed by atoms with Gasteiger partial charge in [0.25, 0.3) is 0 Å². The van der Waals surface area contributed by atoms with Gasteiger partial charge in [0.2, 0.25) is 0 Å². The molecule has 1 aromatic rings. The first kappa shape index (κ1) is 19.4. The van der Waals surface area contributed by atoms with Gasteiger partial charge in [-0.25, -0.2) is 4.79 Å². The molecule has 128 valence electrons. The lowest BCUT2D eigenvalue weighted by Gasteiger charge is -2.26. The number of carboxylic acid groups (broad SMARTS) is 1. The van der Waals surface area contributed by atoms with Crippen molar-refractivity contribution in [2.45, 2.75) is 38.5 Å². The molecular formula is C17H25NO4S. The number of carbonyl (C=O) groups excluding carboxylic acids is 1. The van der Waals surface area contributed by atoms with Gasteiger partial charge in [-0.05, 0) is 38.5 Å². The van der Waals surface area contributed by atoms with Crippen LogP contribution in [0.4, 0.5) is 4.79 Å². The first-order valence-corrected chi connectivity index (χ1v) is 8.75. The van der Waals surface area contributed by atoms with E-state index in [4.69, 9.17) is 9.84 Å². The molecule has 0 saturated heterocycles. The fourth-order valence-corrected chi connectivity index (χ4v) is 2.75. The standard InChI is InChI=1S/C17H25NO4S/c1-17(2,3)22-16(21)18(12-15(19)20)10-7-11-23-13-14-8-5-4-6-9-14/h4-6,8-9H,7,10-13H2,1-3H3,(H,19,20). The Labute approximate surface area is 142 Å². The Morgan fingerprint density at radius 1 is 1.22 bits per heavy atom. The number of aliphatic carboxylic acids is 1. The number of rotatable bonds is 8. The van der Waals surface area contributed by atoms with Crippen molar-refractivity contribution in [1.29, 1.82) is 0 Å². The highest BCUT2D eigenvalue weighted by Crippen LogP contribution is 2.14. The molecule has 0 atom stereocenters. The summed E-state index contributed by atoms with van der Waals surface area (Å²) in [6, 6.07) is 10.1. The van der Waals surface area contributed by atoms with E-state index in [1.54, 1.807) is 32.5 Å². The number of thioether (sulfide) groups is 1. The average molecular weight is 339 g/mol. The van der Waals surface area contributed by atoms with E-state index in [1.807, 2.05) is 18.2 Å². The molecule has 0 saturated carbocycles. The van der Waals surface area contributed by atoms with E-state index >= 15 is 0 Å². The van der Waals surface area contributed by atoms with Crippen molar-refractivity contribution in [3.05, 3.63) is 35.9 Å². The Morgan fingerprint density at radius 2 is 1.87 bits per heavy atom. The largest absolute Gasteiger partial charge is 0.480 e. The summed E-state index contributed by atoms with van der Waals surface area (Å²) < 4.78 is 5.24. The third-order valence-corrected chi connectivity index (χ3v) is 3.92. The molecule has 0 aliphatic rings. The minimum absolute atomic E-state index is 0.335. The second kappa shape index (κ2) is 9.45. The van der Waals surface area contributed by atoms with Crippen LogP contribution < -0.4 is 0 Å². The molecule has 0 aliphatic heterocycles. The Hall–Kier alpha value is -1.69. The highest BCUT2D eigenvalue weighted by molar-refractivity contribution is 7.98. The van der Waals surface area contributed by atoms with E-state index in [2.05, 4.69) is 12.1 Å². The monoisotopic (exact) mass is 339 g/mol. The number of carboxylic acids is 1. The van der Waals surface area contributed by atoms with E-state index in [9.17, 15) is 9.59 Å². The number of hydrogen-bond acceptors (Lipinski definition) is 4. The molecule has 23 heavy (non-hydrogen) atoms. The van der Waals surface area contributed by atoms with Gasteiger partial charge in [-0.3, -0.25) is 9.69 Å². The van der Waals surface area contributed by atoms with Crippen LogP contribution in [0.1, 0.15) is 32.8 Å². The fraction of sp³-hybridized carbons (Fsp3) is 0.529. The van der Waals surface area contributed by atoms with Gasteiger partial charge in [-0.15, -0.1) is 0 Å². The van der Waals surface area contributed by atoms with Gasteiger partial charge in [-0.2, -0.15) is 11.8 Å². The van der Waals surface area contributed by atoms with Gasteiger partial charge in [0.1, 0.15) is 12.1 Å². The van der Waals surface area contributed by atoms with Crippen molar-refractivity contribution in [1.82, 2.24) is 4.90 Å². The van der Waals surface area contributed by atoms with Gasteiger partial charge in [0.05, 0.1) is 0 Å². The van der Waals surface area contributed by atoms with Crippen LogP contribution >= 0.6 is 11.8 Å². The number of ether oxygens (including phenoxy) is 1. The van der Waals surface area contributed by atoms with Crippen LogP contribution in [0.25, 0.3) is 0 Å². The van der Waals surface area contributed by atoms with Crippen molar-refractivity contribution < 1.29 is 19.4 Å². The third-order valence-electron chi connectivity index (χ3n) is 2.81. The summed E-state index contributed by atoms with van der Waals surface area (Å²) in [6.45, 7) is 5.33. The van der Waals surface area contributed by atoms with Gasteiger partial charge in [0.15, 0.2) is 0 Å². The van der Waals surface area contributed by atoms with E-state index in [0.717, 1.165) is 17.9 Å². The molecule has 5 nitrogen and oxygen atoms in total. The minimum Gasteiger partial charge on any atom is -0.480 e. The van der Waals surface area contributed by atoms with Gasteiger partial charge in [-0.1, -0.05) is 30.3 Å². The molecule has 1 N–H and O–H groups in total. The molecule has 0 fully saturated rings. The smallest absolute Gasteiger partial charge is 0.410 e. The van der Waals surface area contributed by atoms with E-state index in [1.165, 1.54) is 10.5 Å². The number of carbonyl (C=O) groups is 2. The summed E-state index contributed by atoms with van der Waals surface area (Å²) in [7, 11) is 0. The second-order valence-electron chi connectivity index (χ2n) is 6.19. The fourth-order valence-electron chi connectivity index (χ4n) is 1.85. The van der Waals surface area contributed by atoms with Gasteiger partial charge < -0.3 is 9.84 Å². The van der Waals surface area contributed by atoms with E-state index < -0.39 is 17.7 Å². The molecule has 0 aliphatic carbocycles. The van der Waals surface area contributed by atoms with E-state index in [-0.39, 0.29) is 6.54 Å². The van der Waals surface area contributed by atoms with E-state index in [0.29, 0.717) is 6.54 Å². The van der Waals surface area contributed by atoms with Crippen LogP contribution in [0.2, 0.25) is 0 Å². The SMILES string of the molecule is CC(C)(C)OC(=O)N(CCCSCc1ccccc1)CC(=O)O. The zero-order valence-electron chi connectivity index (χ0n) is 13.9. The first-order chi connectivity index (χ1) is 10.8. The van der Waals surface area contributed by atoms with Crippen molar-refractivity contribution in [3.63, 3.8) is 0 Å². The molecule has 0 spiro atoms. The predicted molar refractivity (Wildman–Crippen MR) is 92.7 cm³/mol. The van der Waals surface area contributed by atoms with Gasteiger partial charge >= 0.3 is 12.1 Å².